The second-order valence-corrected chi connectivity index (χ2v) is 10.6. The van der Waals surface area contributed by atoms with E-state index in [0.717, 1.165) is 4.47 Å². The molecule has 2 rings (SSSR count). The highest BCUT2D eigenvalue weighted by atomic mass is 32.2. The van der Waals surface area contributed by atoms with Crippen LogP contribution in [0.4, 0.5) is 4.79 Å². The molecule has 1 unspecified atom stereocenters. The summed E-state index contributed by atoms with van der Waals surface area (Å²) >= 11 is 0. The van der Waals surface area contributed by atoms with E-state index in [1.807, 2.05) is 26.8 Å². The van der Waals surface area contributed by atoms with Gasteiger partial charge in [0.1, 0.15) is 11.5 Å². The molecular formula is C24H34N2O6S. The van der Waals surface area contributed by atoms with Crippen molar-refractivity contribution in [2.45, 2.75) is 51.7 Å². The number of carboxylic acid groups (broad SMARTS) is 1. The minimum absolute atomic E-state index is 0.116. The predicted molar refractivity (Wildman–Crippen MR) is 128 cm³/mol. The Kier molecular flexibility index (Phi) is 9.55. The Labute approximate surface area is 196 Å². The molecule has 0 fully saturated rings. The summed E-state index contributed by atoms with van der Waals surface area (Å²) in [5, 5.41) is 20.5. The lowest BCUT2D eigenvalue weighted by Gasteiger charge is -2.37. The summed E-state index contributed by atoms with van der Waals surface area (Å²) in [6.07, 6.45) is 0.296. The molecule has 0 heterocycles. The topological polar surface area (TPSA) is 116 Å². The van der Waals surface area contributed by atoms with Gasteiger partial charge in [-0.15, -0.1) is 0 Å². The number of phenolic OH excluding ortho intramolecular Hbond substituents is 1. The second kappa shape index (κ2) is 11.9. The predicted octanol–water partition coefficient (Wildman–Crippen LogP) is 4.41. The Morgan fingerprint density at radius 1 is 1.12 bits per heavy atom. The van der Waals surface area contributed by atoms with Crippen molar-refractivity contribution in [1.29, 1.82) is 0 Å². The number of nitrogens with zero attached hydrogens (tertiary/aromatic N) is 1. The number of carbonyl (C=O) groups is 1. The van der Waals surface area contributed by atoms with Crippen LogP contribution < -0.4 is 10.2 Å². The number of aryl methyl sites for hydroxylation is 1. The highest BCUT2D eigenvalue weighted by Gasteiger charge is 2.43. The molecule has 3 N–H and O–H groups in total. The second-order valence-electron chi connectivity index (χ2n) is 8.60. The van der Waals surface area contributed by atoms with Gasteiger partial charge in [0.05, 0.1) is 11.8 Å². The van der Waals surface area contributed by atoms with E-state index in [9.17, 15) is 18.3 Å². The number of hydroxylamine groups is 1. The fourth-order valence-electron chi connectivity index (χ4n) is 3.75. The summed E-state index contributed by atoms with van der Waals surface area (Å²) in [7, 11) is -3.96. The fraction of sp³-hybridized carbons (Fsp3) is 0.458. The molecule has 0 bridgehead atoms. The zero-order valence-electron chi connectivity index (χ0n) is 19.4. The quantitative estimate of drug-likeness (QED) is 0.367. The number of hydrogen-bond donors (Lipinski definition) is 3. The van der Waals surface area contributed by atoms with Crippen LogP contribution in [0.1, 0.15) is 45.6 Å². The summed E-state index contributed by atoms with van der Waals surface area (Å²) in [5.41, 5.74) is -0.124. The van der Waals surface area contributed by atoms with Gasteiger partial charge in [-0.2, -0.15) is 0 Å². The van der Waals surface area contributed by atoms with Crippen molar-refractivity contribution in [2.75, 3.05) is 13.1 Å². The molecule has 0 aliphatic rings. The molecule has 0 spiro atoms. The van der Waals surface area contributed by atoms with Crippen LogP contribution in [0.5, 0.6) is 11.5 Å². The first-order chi connectivity index (χ1) is 15.6. The number of hydrogen-bond acceptors (Lipinski definition) is 5. The molecule has 9 heteroatoms. The van der Waals surface area contributed by atoms with Gasteiger partial charge in [-0.1, -0.05) is 57.2 Å². The first-order valence-corrected chi connectivity index (χ1v) is 12.6. The summed E-state index contributed by atoms with van der Waals surface area (Å²) in [4.78, 5) is 16.7. The highest BCUT2D eigenvalue weighted by molar-refractivity contribution is 7.89. The zero-order valence-corrected chi connectivity index (χ0v) is 20.2. The molecule has 8 nitrogen and oxygen atoms in total. The van der Waals surface area contributed by atoms with E-state index >= 15 is 0 Å². The summed E-state index contributed by atoms with van der Waals surface area (Å²) in [6, 6.07) is 15.6. The van der Waals surface area contributed by atoms with Gasteiger partial charge < -0.3 is 20.4 Å². The van der Waals surface area contributed by atoms with E-state index in [0.29, 0.717) is 30.6 Å². The summed E-state index contributed by atoms with van der Waals surface area (Å²) in [5.74, 6) is 0.532. The Bertz CT molecular complexity index is 995. The lowest BCUT2D eigenvalue weighted by Crippen LogP contribution is -2.48. The molecule has 0 aliphatic heterocycles. The van der Waals surface area contributed by atoms with Crippen LogP contribution in [0.15, 0.2) is 54.6 Å². The monoisotopic (exact) mass is 478 g/mol. The van der Waals surface area contributed by atoms with Crippen LogP contribution in [0.2, 0.25) is 0 Å². The third-order valence-corrected chi connectivity index (χ3v) is 8.00. The molecule has 2 aromatic rings. The van der Waals surface area contributed by atoms with Gasteiger partial charge in [-0.05, 0) is 59.3 Å². The van der Waals surface area contributed by atoms with Gasteiger partial charge >= 0.3 is 6.09 Å². The van der Waals surface area contributed by atoms with Crippen molar-refractivity contribution in [1.82, 2.24) is 9.79 Å². The van der Waals surface area contributed by atoms with Crippen molar-refractivity contribution in [3.63, 3.8) is 0 Å². The Morgan fingerprint density at radius 3 is 2.36 bits per heavy atom. The Morgan fingerprint density at radius 2 is 1.76 bits per heavy atom. The normalized spacial score (nSPS) is 13.0. The Balaban J connectivity index is 2.36. The summed E-state index contributed by atoms with van der Waals surface area (Å²) < 4.78 is 28.8. The maximum Gasteiger partial charge on any atom is 0.404 e. The van der Waals surface area contributed by atoms with Crippen molar-refractivity contribution in [2.24, 2.45) is 5.41 Å². The molecule has 0 aromatic heterocycles. The van der Waals surface area contributed by atoms with Crippen LogP contribution >= 0.6 is 0 Å². The van der Waals surface area contributed by atoms with Gasteiger partial charge in [0.2, 0.25) is 10.0 Å². The smallest absolute Gasteiger partial charge is 0.404 e. The average molecular weight is 479 g/mol. The largest absolute Gasteiger partial charge is 0.508 e. The van der Waals surface area contributed by atoms with E-state index in [-0.39, 0.29) is 25.3 Å². The van der Waals surface area contributed by atoms with E-state index in [4.69, 9.17) is 9.94 Å². The summed E-state index contributed by atoms with van der Waals surface area (Å²) in [6.45, 7) is 5.80. The highest BCUT2D eigenvalue weighted by Crippen LogP contribution is 2.36. The van der Waals surface area contributed by atoms with E-state index in [1.54, 1.807) is 48.5 Å². The standard InChI is InChI=1S/C24H34N2O6S/c1-4-18-26(32-20-11-6-5-7-12-20)33(30,31)22(24(2,3)16-17-25-23(28)29)15-14-19-10-8-9-13-21(19)27/h5-13,22,25,27H,4,14-18H2,1-3H3,(H,28,29). The van der Waals surface area contributed by atoms with Gasteiger partial charge in [-0.25, -0.2) is 13.2 Å². The molecule has 0 aliphatic carbocycles. The molecule has 0 saturated carbocycles. The minimum atomic E-state index is -3.96. The number of nitrogens with one attached hydrogen (secondary N) is 1. The van der Waals surface area contributed by atoms with Crippen molar-refractivity contribution in [3.8, 4) is 11.5 Å². The SMILES string of the molecule is CCCN(Oc1ccccc1)S(=O)(=O)C(CCc1ccccc1O)C(C)(C)CCNC(=O)O. The number of benzene rings is 2. The first-order valence-electron chi connectivity index (χ1n) is 11.1. The average Bonchev–Trinajstić information content (AvgIpc) is 2.75. The number of para-hydroxylation sites is 2. The van der Waals surface area contributed by atoms with Crippen LogP contribution in [0.25, 0.3) is 0 Å². The number of aromatic hydroxyl groups is 1. The van der Waals surface area contributed by atoms with Crippen LogP contribution in [0.3, 0.4) is 0 Å². The zero-order chi connectivity index (χ0) is 24.5. The first kappa shape index (κ1) is 26.5. The van der Waals surface area contributed by atoms with Crippen molar-refractivity contribution >= 4 is 16.1 Å². The lowest BCUT2D eigenvalue weighted by molar-refractivity contribution is 0.0322. The maximum absolute atomic E-state index is 13.9. The molecule has 2 aromatic carbocycles. The van der Waals surface area contributed by atoms with E-state index in [2.05, 4.69) is 5.32 Å². The number of amides is 1. The Hall–Kier alpha value is -2.78. The number of sulfonamides is 1. The molecule has 0 radical (unpaired) electrons. The molecule has 33 heavy (non-hydrogen) atoms. The van der Waals surface area contributed by atoms with E-state index in [1.165, 1.54) is 0 Å². The lowest BCUT2D eigenvalue weighted by atomic mass is 9.82. The molecular weight excluding hydrogens is 444 g/mol. The van der Waals surface area contributed by atoms with Crippen molar-refractivity contribution < 1.29 is 28.3 Å². The van der Waals surface area contributed by atoms with Gasteiger partial charge in [0.15, 0.2) is 0 Å². The minimum Gasteiger partial charge on any atom is -0.508 e. The molecule has 182 valence electrons. The number of rotatable bonds is 13. The fourth-order valence-corrected chi connectivity index (χ4v) is 6.00. The third-order valence-electron chi connectivity index (χ3n) is 5.58. The van der Waals surface area contributed by atoms with Gasteiger partial charge in [-0.3, -0.25) is 0 Å². The molecule has 1 atom stereocenters. The van der Waals surface area contributed by atoms with Gasteiger partial charge in [0.25, 0.3) is 0 Å². The number of phenols is 1. The van der Waals surface area contributed by atoms with Crippen molar-refractivity contribution in [3.05, 3.63) is 60.2 Å². The molecule has 1 amide bonds. The van der Waals surface area contributed by atoms with Gasteiger partial charge in [0, 0.05) is 6.54 Å². The third kappa shape index (κ3) is 7.64. The van der Waals surface area contributed by atoms with Crippen LogP contribution in [0, 0.1) is 5.41 Å². The molecule has 0 saturated heterocycles. The van der Waals surface area contributed by atoms with Crippen LogP contribution in [-0.4, -0.2) is 47.5 Å². The maximum atomic E-state index is 13.9. The van der Waals surface area contributed by atoms with E-state index < -0.39 is 26.8 Å². The van der Waals surface area contributed by atoms with Crippen LogP contribution in [-0.2, 0) is 16.4 Å².